The number of methoxy groups -OCH3 is 1. The average Bonchev–Trinajstić information content (AvgIpc) is 2.91. The molecule has 0 aromatic carbocycles. The number of anilines is 1. The number of aliphatic hydroxyl groups excluding tert-OH is 1. The van der Waals surface area contributed by atoms with E-state index in [0.717, 1.165) is 0 Å². The van der Waals surface area contributed by atoms with E-state index in [1.54, 1.807) is 27.5 Å². The van der Waals surface area contributed by atoms with Crippen molar-refractivity contribution in [3.63, 3.8) is 0 Å². The molecule has 2 rings (SSSR count). The number of fused-ring (bicyclic) bond motifs is 1. The number of nitrogens with one attached hydrogen (secondary N) is 1. The smallest absolute Gasteiger partial charge is 0.282 e. The van der Waals surface area contributed by atoms with Gasteiger partial charge in [-0.05, 0) is 5.92 Å². The highest BCUT2D eigenvalue weighted by atomic mass is 16.5. The fraction of sp³-hybridized carbons (Fsp3) is 0.643. The van der Waals surface area contributed by atoms with Crippen LogP contribution in [0.2, 0.25) is 0 Å². The molecule has 0 spiro atoms. The van der Waals surface area contributed by atoms with Crippen molar-refractivity contribution in [1.29, 1.82) is 0 Å². The highest BCUT2D eigenvalue weighted by Crippen LogP contribution is 2.17. The van der Waals surface area contributed by atoms with Crippen LogP contribution in [0.3, 0.4) is 0 Å². The Hall–Kier alpha value is -1.93. The summed E-state index contributed by atoms with van der Waals surface area (Å²) in [4.78, 5) is 20.9. The van der Waals surface area contributed by atoms with Crippen molar-refractivity contribution in [2.24, 2.45) is 18.9 Å². The van der Waals surface area contributed by atoms with Crippen molar-refractivity contribution in [1.82, 2.24) is 19.1 Å². The van der Waals surface area contributed by atoms with E-state index in [9.17, 15) is 9.90 Å². The predicted molar refractivity (Wildman–Crippen MR) is 83.9 cm³/mol. The van der Waals surface area contributed by atoms with Crippen LogP contribution >= 0.6 is 0 Å². The summed E-state index contributed by atoms with van der Waals surface area (Å²) in [6.45, 7) is 3.18. The van der Waals surface area contributed by atoms with E-state index in [2.05, 4.69) is 15.3 Å². The summed E-state index contributed by atoms with van der Waals surface area (Å²) >= 11 is 0. The quantitative estimate of drug-likeness (QED) is 0.751. The molecule has 0 aliphatic heterocycles. The zero-order valence-electron chi connectivity index (χ0n) is 13.4. The van der Waals surface area contributed by atoms with Gasteiger partial charge in [0.1, 0.15) is 0 Å². The predicted octanol–water partition coefficient (Wildman–Crippen LogP) is 0.0627. The van der Waals surface area contributed by atoms with Gasteiger partial charge in [-0.3, -0.25) is 9.36 Å². The van der Waals surface area contributed by atoms with Crippen LogP contribution in [0.1, 0.15) is 6.92 Å². The number of hydrogen-bond donors (Lipinski definition) is 2. The minimum Gasteiger partial charge on any atom is -0.396 e. The first-order chi connectivity index (χ1) is 10.5. The molecule has 8 heteroatoms. The van der Waals surface area contributed by atoms with Crippen molar-refractivity contribution in [3.8, 4) is 0 Å². The van der Waals surface area contributed by atoms with E-state index in [1.165, 1.54) is 4.57 Å². The maximum Gasteiger partial charge on any atom is 0.282 e. The van der Waals surface area contributed by atoms with Crippen LogP contribution in [-0.2, 0) is 18.3 Å². The lowest BCUT2D eigenvalue weighted by molar-refractivity contribution is 0.0754. The second kappa shape index (κ2) is 6.89. The van der Waals surface area contributed by atoms with Crippen molar-refractivity contribution in [2.45, 2.75) is 13.5 Å². The highest BCUT2D eigenvalue weighted by Gasteiger charge is 2.19. The van der Waals surface area contributed by atoms with Gasteiger partial charge in [0, 0.05) is 40.3 Å². The molecule has 2 aromatic heterocycles. The maximum absolute atomic E-state index is 12.2. The van der Waals surface area contributed by atoms with Crippen molar-refractivity contribution in [3.05, 3.63) is 16.7 Å². The van der Waals surface area contributed by atoms with Gasteiger partial charge in [0.2, 0.25) is 5.95 Å². The zero-order valence-corrected chi connectivity index (χ0v) is 13.4. The Morgan fingerprint density at radius 2 is 2.23 bits per heavy atom. The van der Waals surface area contributed by atoms with Gasteiger partial charge < -0.3 is 19.7 Å². The second-order valence-electron chi connectivity index (χ2n) is 5.49. The Bertz CT molecular complexity index is 694. The van der Waals surface area contributed by atoms with Crippen LogP contribution in [0.15, 0.2) is 11.1 Å². The number of aliphatic hydroxyl groups is 1. The van der Waals surface area contributed by atoms with E-state index in [-0.39, 0.29) is 24.0 Å². The van der Waals surface area contributed by atoms with Crippen LogP contribution in [0.5, 0.6) is 0 Å². The summed E-state index contributed by atoms with van der Waals surface area (Å²) in [7, 11) is 4.99. The molecule has 1 unspecified atom stereocenters. The topological polar surface area (TPSA) is 94.2 Å². The summed E-state index contributed by atoms with van der Waals surface area (Å²) in [5.74, 6) is 0.673. The van der Waals surface area contributed by atoms with Crippen molar-refractivity contribution < 1.29 is 9.84 Å². The number of rotatable bonds is 7. The minimum atomic E-state index is -0.184. The molecule has 0 saturated heterocycles. The first-order valence-corrected chi connectivity index (χ1v) is 7.22. The molecule has 0 saturated carbocycles. The molecular formula is C14H23N5O3. The van der Waals surface area contributed by atoms with Crippen LogP contribution in [0.4, 0.5) is 5.95 Å². The van der Waals surface area contributed by atoms with Gasteiger partial charge >= 0.3 is 0 Å². The lowest BCUT2D eigenvalue weighted by atomic mass is 9.95. The van der Waals surface area contributed by atoms with Crippen LogP contribution < -0.4 is 10.9 Å². The van der Waals surface area contributed by atoms with Gasteiger partial charge in [0.15, 0.2) is 11.2 Å². The fourth-order valence-electron chi connectivity index (χ4n) is 2.50. The molecule has 2 atom stereocenters. The number of nitrogens with zero attached hydrogens (tertiary/aromatic N) is 4. The Morgan fingerprint density at radius 3 is 2.82 bits per heavy atom. The SMILES string of the molecule is CNc1nc2c(ncn2CC(C)[C@H](CO)COC)c(=O)n1C. The number of aromatic nitrogens is 4. The summed E-state index contributed by atoms with van der Waals surface area (Å²) < 4.78 is 8.41. The molecule has 8 nitrogen and oxygen atoms in total. The van der Waals surface area contributed by atoms with Crippen molar-refractivity contribution in [2.75, 3.05) is 32.7 Å². The van der Waals surface area contributed by atoms with E-state index < -0.39 is 0 Å². The average molecular weight is 309 g/mol. The molecule has 0 radical (unpaired) electrons. The number of ether oxygens (including phenoxy) is 1. The fourth-order valence-corrected chi connectivity index (χ4v) is 2.50. The number of hydrogen-bond acceptors (Lipinski definition) is 6. The van der Waals surface area contributed by atoms with Crippen LogP contribution in [0, 0.1) is 11.8 Å². The third-order valence-corrected chi connectivity index (χ3v) is 3.98. The molecule has 2 heterocycles. The molecule has 2 N–H and O–H groups in total. The zero-order chi connectivity index (χ0) is 16.3. The second-order valence-corrected chi connectivity index (χ2v) is 5.49. The summed E-state index contributed by atoms with van der Waals surface area (Å²) in [5.41, 5.74) is 0.714. The van der Waals surface area contributed by atoms with Crippen LogP contribution in [-0.4, -0.2) is 51.6 Å². The van der Waals surface area contributed by atoms with Crippen LogP contribution in [0.25, 0.3) is 11.2 Å². The van der Waals surface area contributed by atoms with Crippen molar-refractivity contribution >= 4 is 17.1 Å². The first kappa shape index (κ1) is 16.4. The first-order valence-electron chi connectivity index (χ1n) is 7.22. The molecule has 0 bridgehead atoms. The van der Waals surface area contributed by atoms with E-state index >= 15 is 0 Å². The Kier molecular flexibility index (Phi) is 5.15. The molecule has 0 aliphatic rings. The number of imidazole rings is 1. The largest absolute Gasteiger partial charge is 0.396 e. The van der Waals surface area contributed by atoms with E-state index in [4.69, 9.17) is 4.74 Å². The van der Waals surface area contributed by atoms with Gasteiger partial charge in [-0.1, -0.05) is 6.92 Å². The molecular weight excluding hydrogens is 286 g/mol. The Balaban J connectivity index is 2.36. The van der Waals surface area contributed by atoms with Gasteiger partial charge in [-0.2, -0.15) is 4.98 Å². The third kappa shape index (κ3) is 2.97. The Morgan fingerprint density at radius 1 is 1.50 bits per heavy atom. The lowest BCUT2D eigenvalue weighted by Gasteiger charge is -2.21. The Labute approximate surface area is 128 Å². The molecule has 0 aliphatic carbocycles. The normalized spacial score (nSPS) is 14.2. The monoisotopic (exact) mass is 309 g/mol. The van der Waals surface area contributed by atoms with Gasteiger partial charge in [-0.15, -0.1) is 0 Å². The molecule has 122 valence electrons. The summed E-state index contributed by atoms with van der Waals surface area (Å²) in [6.07, 6.45) is 1.62. The molecule has 0 fully saturated rings. The van der Waals surface area contributed by atoms with Gasteiger partial charge in [0.05, 0.1) is 12.9 Å². The van der Waals surface area contributed by atoms with E-state index in [1.807, 2.05) is 11.5 Å². The summed E-state index contributed by atoms with van der Waals surface area (Å²) in [6, 6.07) is 0. The third-order valence-electron chi connectivity index (χ3n) is 3.98. The summed E-state index contributed by atoms with van der Waals surface area (Å²) in [5, 5.41) is 12.4. The lowest BCUT2D eigenvalue weighted by Crippen LogP contribution is -2.25. The molecule has 2 aromatic rings. The molecule has 22 heavy (non-hydrogen) atoms. The minimum absolute atomic E-state index is 0.0257. The highest BCUT2D eigenvalue weighted by molar-refractivity contribution is 5.71. The van der Waals surface area contributed by atoms with E-state index in [0.29, 0.717) is 30.3 Å². The standard InChI is InChI=1S/C14H23N5O3/c1-9(10(6-20)7-22-4)5-19-8-16-11-12(19)17-14(15-2)18(3)13(11)21/h8-10,20H,5-7H2,1-4H3,(H,15,17)/t9?,10-/m1/s1. The maximum atomic E-state index is 12.2. The molecule has 0 amide bonds. The van der Waals surface area contributed by atoms with Gasteiger partial charge in [-0.25, -0.2) is 4.98 Å². The van der Waals surface area contributed by atoms with Gasteiger partial charge in [0.25, 0.3) is 5.56 Å².